The van der Waals surface area contributed by atoms with Crippen molar-refractivity contribution in [3.05, 3.63) is 53.1 Å². The highest BCUT2D eigenvalue weighted by Gasteiger charge is 2.65. The molecule has 4 unspecified atom stereocenters. The zero-order valence-electron chi connectivity index (χ0n) is 28.6. The van der Waals surface area contributed by atoms with Crippen LogP contribution in [-0.2, 0) is 21.4 Å². The summed E-state index contributed by atoms with van der Waals surface area (Å²) in [5.41, 5.74) is 5.41. The van der Waals surface area contributed by atoms with Gasteiger partial charge in [0.2, 0.25) is 15.9 Å². The van der Waals surface area contributed by atoms with Gasteiger partial charge in [0.1, 0.15) is 5.75 Å². The second-order valence-corrected chi connectivity index (χ2v) is 17.4. The Labute approximate surface area is 284 Å². The van der Waals surface area contributed by atoms with Gasteiger partial charge in [-0.05, 0) is 92.4 Å². The van der Waals surface area contributed by atoms with Gasteiger partial charge in [-0.1, -0.05) is 39.2 Å². The Morgan fingerprint density at radius 3 is 2.46 bits per heavy atom. The van der Waals surface area contributed by atoms with Crippen molar-refractivity contribution in [3.8, 4) is 17.0 Å². The van der Waals surface area contributed by atoms with Crippen LogP contribution in [0.3, 0.4) is 0 Å². The Kier molecular flexibility index (Phi) is 7.71. The zero-order valence-corrected chi connectivity index (χ0v) is 29.4. The average Bonchev–Trinajstić information content (AvgIpc) is 3.73. The lowest BCUT2D eigenvalue weighted by Crippen LogP contribution is -2.64. The number of rotatable bonds is 7. The van der Waals surface area contributed by atoms with Gasteiger partial charge in [-0.3, -0.25) is 14.5 Å². The number of sulfonamides is 1. The molecule has 2 aliphatic carbocycles. The topological polar surface area (TPSA) is 101 Å². The third-order valence-electron chi connectivity index (χ3n) is 12.1. The molecular weight excluding hydrogens is 625 g/mol. The van der Waals surface area contributed by atoms with E-state index in [4.69, 9.17) is 4.74 Å². The van der Waals surface area contributed by atoms with E-state index in [1.54, 1.807) is 13.2 Å². The maximum absolute atomic E-state index is 14.9. The summed E-state index contributed by atoms with van der Waals surface area (Å²) in [7, 11) is 0.0971. The molecule has 256 valence electrons. The molecule has 1 N–H and O–H groups in total. The second kappa shape index (κ2) is 11.6. The number of piperazine rings is 1. The third kappa shape index (κ3) is 5.16. The highest BCUT2D eigenvalue weighted by Crippen LogP contribution is 2.66. The number of benzene rings is 2. The molecule has 5 heterocycles. The molecule has 2 amide bonds. The molecule has 2 aromatic carbocycles. The smallest absolute Gasteiger partial charge is 0.264 e. The minimum atomic E-state index is -3.78. The van der Waals surface area contributed by atoms with Crippen LogP contribution in [0, 0.1) is 11.3 Å². The number of hydrogen-bond acceptors (Lipinski definition) is 6. The summed E-state index contributed by atoms with van der Waals surface area (Å²) in [5, 5.41) is 1.10. The molecule has 2 saturated carbocycles. The first kappa shape index (κ1) is 31.9. The van der Waals surface area contributed by atoms with E-state index >= 15 is 0 Å². The normalized spacial score (nSPS) is 26.9. The molecule has 0 spiro atoms. The zero-order chi connectivity index (χ0) is 33.5. The lowest BCUT2D eigenvalue weighted by molar-refractivity contribution is -0.147. The Morgan fingerprint density at radius 1 is 1.00 bits per heavy atom. The van der Waals surface area contributed by atoms with Crippen molar-refractivity contribution in [1.82, 2.24) is 19.1 Å². The quantitative estimate of drug-likeness (QED) is 0.337. The Hall–Kier alpha value is -3.37. The van der Waals surface area contributed by atoms with Gasteiger partial charge in [-0.25, -0.2) is 13.1 Å². The van der Waals surface area contributed by atoms with Gasteiger partial charge in [0.25, 0.3) is 5.91 Å². The molecule has 9 nitrogen and oxygen atoms in total. The number of piperidine rings is 2. The van der Waals surface area contributed by atoms with E-state index in [1.807, 2.05) is 32.0 Å². The first-order valence-corrected chi connectivity index (χ1v) is 19.6. The van der Waals surface area contributed by atoms with Crippen LogP contribution in [0.2, 0.25) is 0 Å². The molecule has 10 heteroatoms. The summed E-state index contributed by atoms with van der Waals surface area (Å²) >= 11 is 0. The van der Waals surface area contributed by atoms with Gasteiger partial charge in [0.15, 0.2) is 0 Å². The first-order chi connectivity index (χ1) is 23.0. The van der Waals surface area contributed by atoms with Gasteiger partial charge >= 0.3 is 0 Å². The van der Waals surface area contributed by atoms with Gasteiger partial charge in [0.05, 0.1) is 24.0 Å². The Morgan fingerprint density at radius 2 is 1.77 bits per heavy atom. The number of fused-ring (bicyclic) bond motifs is 10. The number of nitrogens with one attached hydrogen (secondary N) is 1. The monoisotopic (exact) mass is 672 g/mol. The van der Waals surface area contributed by atoms with Gasteiger partial charge in [-0.2, -0.15) is 0 Å². The lowest BCUT2D eigenvalue weighted by Gasteiger charge is -2.51. The molecule has 0 radical (unpaired) electrons. The molecule has 4 atom stereocenters. The number of nitrogens with zero attached hydrogens (tertiary/aromatic N) is 3. The summed E-state index contributed by atoms with van der Waals surface area (Å²) < 4.78 is 35.9. The molecule has 1 aromatic heterocycles. The highest BCUT2D eigenvalue weighted by atomic mass is 32.2. The predicted octanol–water partition coefficient (Wildman–Crippen LogP) is 5.87. The summed E-state index contributed by atoms with van der Waals surface area (Å²) in [6.07, 6.45) is 8.76. The van der Waals surface area contributed by atoms with E-state index in [0.29, 0.717) is 24.1 Å². The minimum Gasteiger partial charge on any atom is -0.497 e. The van der Waals surface area contributed by atoms with E-state index in [0.717, 1.165) is 73.1 Å². The molecule has 48 heavy (non-hydrogen) atoms. The minimum absolute atomic E-state index is 0.0788. The molecule has 2 bridgehead atoms. The Balaban J connectivity index is 1.30. The third-order valence-corrected chi connectivity index (χ3v) is 13.7. The van der Waals surface area contributed by atoms with Crippen molar-refractivity contribution in [3.63, 3.8) is 0 Å². The van der Waals surface area contributed by atoms with Crippen molar-refractivity contribution in [2.45, 2.75) is 95.7 Å². The molecule has 9 rings (SSSR count). The standard InChI is InChI=1S/C38H48N4O5S/c1-23(2)21-48(45,46)39-36(43)25-10-14-30-33(16-25)42-22-38(37(44)41-20-26-11-12-27(41)19-40(26)3)18-32(38)31-17-28(47-4)13-15-29(31)35(42)34(30)24-8-6-5-7-9-24/h10,13-17,23-24,26-27,32H,5-9,11-12,18-22H2,1-4H3,(H,39,43). The largest absolute Gasteiger partial charge is 0.497 e. The number of hydrogen-bond donors (Lipinski definition) is 1. The molecule has 6 aliphatic rings. The number of methoxy groups -OCH3 is 1. The van der Waals surface area contributed by atoms with Crippen LogP contribution in [-0.4, -0.2) is 79.7 Å². The van der Waals surface area contributed by atoms with E-state index in [-0.39, 0.29) is 29.5 Å². The molecule has 4 aliphatic heterocycles. The van der Waals surface area contributed by atoms with Crippen LogP contribution >= 0.6 is 0 Å². The van der Waals surface area contributed by atoms with E-state index < -0.39 is 21.3 Å². The van der Waals surface area contributed by atoms with Crippen molar-refractivity contribution >= 4 is 32.7 Å². The molecular formula is C38H48N4O5S. The molecule has 3 saturated heterocycles. The number of carbonyl (C=O) groups excluding carboxylic acids is 2. The maximum Gasteiger partial charge on any atom is 0.264 e. The van der Waals surface area contributed by atoms with E-state index in [1.165, 1.54) is 30.4 Å². The fraction of sp³-hybridized carbons (Fsp3) is 0.579. The number of likely N-dealkylation sites (N-methyl/N-ethyl adjacent to an activating group) is 1. The number of amides is 2. The van der Waals surface area contributed by atoms with Gasteiger partial charge < -0.3 is 14.2 Å². The lowest BCUT2D eigenvalue weighted by atomic mass is 9.81. The van der Waals surface area contributed by atoms with Crippen molar-refractivity contribution < 1.29 is 22.7 Å². The van der Waals surface area contributed by atoms with Gasteiger partial charge in [0, 0.05) is 59.7 Å². The first-order valence-electron chi connectivity index (χ1n) is 17.9. The van der Waals surface area contributed by atoms with E-state index in [2.05, 4.69) is 38.3 Å². The molecule has 3 aromatic rings. The predicted molar refractivity (Wildman–Crippen MR) is 187 cm³/mol. The van der Waals surface area contributed by atoms with Gasteiger partial charge in [-0.15, -0.1) is 0 Å². The molecule has 5 fully saturated rings. The van der Waals surface area contributed by atoms with Crippen LogP contribution in [0.1, 0.15) is 98.5 Å². The Bertz CT molecular complexity index is 1910. The van der Waals surface area contributed by atoms with Crippen molar-refractivity contribution in [1.29, 1.82) is 0 Å². The van der Waals surface area contributed by atoms with Crippen LogP contribution in [0.5, 0.6) is 5.75 Å². The maximum atomic E-state index is 14.9. The number of ether oxygens (including phenoxy) is 1. The van der Waals surface area contributed by atoms with Crippen molar-refractivity contribution in [2.24, 2.45) is 11.3 Å². The van der Waals surface area contributed by atoms with Crippen LogP contribution < -0.4 is 9.46 Å². The summed E-state index contributed by atoms with van der Waals surface area (Å²) in [4.78, 5) is 33.0. The second-order valence-electron chi connectivity index (χ2n) is 15.7. The average molecular weight is 673 g/mol. The van der Waals surface area contributed by atoms with Crippen LogP contribution in [0.4, 0.5) is 0 Å². The summed E-state index contributed by atoms with van der Waals surface area (Å²) in [5.74, 6) is 0.662. The summed E-state index contributed by atoms with van der Waals surface area (Å²) in [6, 6.07) is 12.7. The van der Waals surface area contributed by atoms with Crippen LogP contribution in [0.25, 0.3) is 22.2 Å². The number of aromatic nitrogens is 1. The fourth-order valence-corrected chi connectivity index (χ4v) is 11.0. The fourth-order valence-electron chi connectivity index (χ4n) is 9.68. The number of carbonyl (C=O) groups is 2. The highest BCUT2D eigenvalue weighted by molar-refractivity contribution is 7.90. The van der Waals surface area contributed by atoms with Crippen molar-refractivity contribution in [2.75, 3.05) is 33.0 Å². The SMILES string of the molecule is COc1ccc2c(c1)C1CC1(C(=O)N1CC3CCC1CN3C)Cn1c-2c(C2CCCCC2)c2ccc(C(=O)NS(=O)(=O)CC(C)C)cc21. The van der Waals surface area contributed by atoms with E-state index in [9.17, 15) is 18.0 Å². The van der Waals surface area contributed by atoms with Crippen LogP contribution in [0.15, 0.2) is 36.4 Å². The summed E-state index contributed by atoms with van der Waals surface area (Å²) in [6.45, 7) is 5.87.